The Balaban J connectivity index is 1.91. The van der Waals surface area contributed by atoms with Crippen molar-refractivity contribution in [1.29, 1.82) is 0 Å². The fraction of sp³-hybridized carbons (Fsp3) is 1.00. The van der Waals surface area contributed by atoms with Gasteiger partial charge in [-0.25, -0.2) is 0 Å². The average Bonchev–Trinajstić information content (AvgIpc) is 2.17. The molecule has 0 bridgehead atoms. The SMILES string of the molecule is CCC[C@@H]1CCN(C2CCC2)C[C@@H]1C(C)C. The minimum atomic E-state index is 0.874. The molecule has 1 saturated heterocycles. The van der Waals surface area contributed by atoms with E-state index in [4.69, 9.17) is 0 Å². The van der Waals surface area contributed by atoms with Gasteiger partial charge in [-0.2, -0.15) is 0 Å². The van der Waals surface area contributed by atoms with Crippen LogP contribution in [0.2, 0.25) is 0 Å². The molecule has 1 saturated carbocycles. The average molecular weight is 223 g/mol. The summed E-state index contributed by atoms with van der Waals surface area (Å²) in [5.74, 6) is 2.86. The van der Waals surface area contributed by atoms with Crippen LogP contribution in [0.5, 0.6) is 0 Å². The van der Waals surface area contributed by atoms with Crippen LogP contribution >= 0.6 is 0 Å². The van der Waals surface area contributed by atoms with Gasteiger partial charge in [0, 0.05) is 12.6 Å². The molecule has 0 unspecified atom stereocenters. The zero-order chi connectivity index (χ0) is 11.5. The van der Waals surface area contributed by atoms with Crippen LogP contribution < -0.4 is 0 Å². The van der Waals surface area contributed by atoms with E-state index in [0.29, 0.717) is 0 Å². The second-order valence-electron chi connectivity index (χ2n) is 6.32. The molecule has 0 aromatic carbocycles. The first-order valence-electron chi connectivity index (χ1n) is 7.46. The van der Waals surface area contributed by atoms with E-state index in [1.165, 1.54) is 51.6 Å². The molecule has 1 aliphatic heterocycles. The Morgan fingerprint density at radius 2 is 1.94 bits per heavy atom. The van der Waals surface area contributed by atoms with Gasteiger partial charge in [-0.1, -0.05) is 40.0 Å². The molecule has 2 atom stereocenters. The van der Waals surface area contributed by atoms with Gasteiger partial charge >= 0.3 is 0 Å². The Bertz CT molecular complexity index is 207. The van der Waals surface area contributed by atoms with Crippen LogP contribution in [-0.4, -0.2) is 24.0 Å². The standard InChI is InChI=1S/C15H29N/c1-4-6-13-9-10-16(14-7-5-8-14)11-15(13)12(2)3/h12-15H,4-11H2,1-3H3/t13-,15-/m1/s1. The molecule has 0 N–H and O–H groups in total. The largest absolute Gasteiger partial charge is 0.300 e. The summed E-state index contributed by atoms with van der Waals surface area (Å²) in [6.45, 7) is 9.98. The fourth-order valence-corrected chi connectivity index (χ4v) is 3.62. The van der Waals surface area contributed by atoms with Crippen molar-refractivity contribution < 1.29 is 0 Å². The van der Waals surface area contributed by atoms with Crippen molar-refractivity contribution in [2.45, 2.75) is 65.3 Å². The highest BCUT2D eigenvalue weighted by Gasteiger charge is 2.35. The Kier molecular flexibility index (Phi) is 4.29. The van der Waals surface area contributed by atoms with Crippen LogP contribution in [-0.2, 0) is 0 Å². The first-order valence-corrected chi connectivity index (χ1v) is 7.46. The highest BCUT2D eigenvalue weighted by atomic mass is 15.2. The summed E-state index contributed by atoms with van der Waals surface area (Å²) in [7, 11) is 0. The van der Waals surface area contributed by atoms with E-state index in [2.05, 4.69) is 25.7 Å². The van der Waals surface area contributed by atoms with Crippen molar-refractivity contribution in [3.8, 4) is 0 Å². The zero-order valence-corrected chi connectivity index (χ0v) is 11.4. The molecular formula is C15H29N. The number of hydrogen-bond acceptors (Lipinski definition) is 1. The minimum absolute atomic E-state index is 0.874. The lowest BCUT2D eigenvalue weighted by molar-refractivity contribution is 0.0271. The molecule has 16 heavy (non-hydrogen) atoms. The van der Waals surface area contributed by atoms with Crippen molar-refractivity contribution in [1.82, 2.24) is 4.90 Å². The molecule has 2 aliphatic rings. The Hall–Kier alpha value is -0.0400. The third-order valence-corrected chi connectivity index (χ3v) is 4.94. The molecule has 94 valence electrons. The van der Waals surface area contributed by atoms with E-state index >= 15 is 0 Å². The Morgan fingerprint density at radius 3 is 2.44 bits per heavy atom. The molecule has 2 fully saturated rings. The molecule has 0 radical (unpaired) electrons. The van der Waals surface area contributed by atoms with Crippen LogP contribution in [0.4, 0.5) is 0 Å². The molecule has 1 nitrogen and oxygen atoms in total. The van der Waals surface area contributed by atoms with Gasteiger partial charge in [0.05, 0.1) is 0 Å². The molecule has 0 spiro atoms. The van der Waals surface area contributed by atoms with Gasteiger partial charge in [-0.05, 0) is 43.6 Å². The first kappa shape index (κ1) is 12.4. The quantitative estimate of drug-likeness (QED) is 0.698. The third kappa shape index (κ3) is 2.61. The van der Waals surface area contributed by atoms with E-state index in [0.717, 1.165) is 23.8 Å². The number of rotatable bonds is 4. The summed E-state index contributed by atoms with van der Waals surface area (Å²) >= 11 is 0. The highest BCUT2D eigenvalue weighted by molar-refractivity contribution is 4.88. The monoisotopic (exact) mass is 223 g/mol. The molecular weight excluding hydrogens is 194 g/mol. The smallest absolute Gasteiger partial charge is 0.00953 e. The summed E-state index contributed by atoms with van der Waals surface area (Å²) in [5, 5.41) is 0. The number of piperidine rings is 1. The van der Waals surface area contributed by atoms with E-state index in [1.54, 1.807) is 0 Å². The van der Waals surface area contributed by atoms with E-state index in [-0.39, 0.29) is 0 Å². The van der Waals surface area contributed by atoms with Crippen LogP contribution in [0.25, 0.3) is 0 Å². The second kappa shape index (κ2) is 5.53. The molecule has 1 heterocycles. The third-order valence-electron chi connectivity index (χ3n) is 4.94. The van der Waals surface area contributed by atoms with Crippen molar-refractivity contribution in [2.75, 3.05) is 13.1 Å². The molecule has 1 aliphatic carbocycles. The van der Waals surface area contributed by atoms with Crippen LogP contribution in [0.1, 0.15) is 59.3 Å². The lowest BCUT2D eigenvalue weighted by atomic mass is 9.75. The number of hydrogen-bond donors (Lipinski definition) is 0. The van der Waals surface area contributed by atoms with Crippen molar-refractivity contribution >= 4 is 0 Å². The molecule has 0 aromatic rings. The normalized spacial score (nSPS) is 33.0. The van der Waals surface area contributed by atoms with Crippen LogP contribution in [0.15, 0.2) is 0 Å². The van der Waals surface area contributed by atoms with Gasteiger partial charge in [0.2, 0.25) is 0 Å². The molecule has 2 rings (SSSR count). The maximum Gasteiger partial charge on any atom is 0.00953 e. The zero-order valence-electron chi connectivity index (χ0n) is 11.4. The van der Waals surface area contributed by atoms with Crippen LogP contribution in [0, 0.1) is 17.8 Å². The summed E-state index contributed by atoms with van der Waals surface area (Å²) in [6, 6.07) is 0.962. The van der Waals surface area contributed by atoms with Crippen molar-refractivity contribution in [3.63, 3.8) is 0 Å². The first-order chi connectivity index (χ1) is 7.72. The van der Waals surface area contributed by atoms with E-state index in [9.17, 15) is 0 Å². The summed E-state index contributed by atoms with van der Waals surface area (Å²) in [4.78, 5) is 2.81. The number of likely N-dealkylation sites (tertiary alicyclic amines) is 1. The van der Waals surface area contributed by atoms with Gasteiger partial charge in [0.1, 0.15) is 0 Å². The van der Waals surface area contributed by atoms with Gasteiger partial charge in [0.25, 0.3) is 0 Å². The summed E-state index contributed by atoms with van der Waals surface area (Å²) in [5.41, 5.74) is 0. The van der Waals surface area contributed by atoms with Crippen molar-refractivity contribution in [2.24, 2.45) is 17.8 Å². The summed E-state index contributed by atoms with van der Waals surface area (Å²) < 4.78 is 0. The predicted molar refractivity (Wildman–Crippen MR) is 70.6 cm³/mol. The lowest BCUT2D eigenvalue weighted by Gasteiger charge is -2.46. The topological polar surface area (TPSA) is 3.24 Å². The van der Waals surface area contributed by atoms with E-state index < -0.39 is 0 Å². The van der Waals surface area contributed by atoms with Crippen LogP contribution in [0.3, 0.4) is 0 Å². The Morgan fingerprint density at radius 1 is 1.19 bits per heavy atom. The van der Waals surface area contributed by atoms with E-state index in [1.807, 2.05) is 0 Å². The predicted octanol–water partition coefficient (Wildman–Crippen LogP) is 3.93. The maximum absolute atomic E-state index is 2.81. The molecule has 0 amide bonds. The molecule has 1 heteroatoms. The van der Waals surface area contributed by atoms with Gasteiger partial charge in [-0.15, -0.1) is 0 Å². The highest BCUT2D eigenvalue weighted by Crippen LogP contribution is 2.36. The van der Waals surface area contributed by atoms with Gasteiger partial charge in [-0.3, -0.25) is 0 Å². The number of nitrogens with zero attached hydrogens (tertiary/aromatic N) is 1. The molecule has 0 aromatic heterocycles. The minimum Gasteiger partial charge on any atom is -0.300 e. The van der Waals surface area contributed by atoms with Gasteiger partial charge in [0.15, 0.2) is 0 Å². The Labute approximate surface area is 102 Å². The maximum atomic E-state index is 2.81. The second-order valence-corrected chi connectivity index (χ2v) is 6.32. The van der Waals surface area contributed by atoms with Gasteiger partial charge < -0.3 is 4.90 Å². The van der Waals surface area contributed by atoms with Crippen molar-refractivity contribution in [3.05, 3.63) is 0 Å². The fourth-order valence-electron chi connectivity index (χ4n) is 3.62. The lowest BCUT2D eigenvalue weighted by Crippen LogP contribution is -2.49. The summed E-state index contributed by atoms with van der Waals surface area (Å²) in [6.07, 6.45) is 8.73.